The van der Waals surface area contributed by atoms with Gasteiger partial charge in [-0.05, 0) is 5.56 Å². The number of hydrogen-bond donors (Lipinski definition) is 0. The third kappa shape index (κ3) is 2.41. The highest BCUT2D eigenvalue weighted by atomic mass is 35.5. The molecule has 0 unspecified atom stereocenters. The number of aromatic nitrogens is 4. The molecule has 0 saturated heterocycles. The lowest BCUT2D eigenvalue weighted by Gasteiger charge is -2.03. The van der Waals surface area contributed by atoms with E-state index >= 15 is 0 Å². The molecular formula is C16H15ClN4O2. The molecule has 0 saturated carbocycles. The van der Waals surface area contributed by atoms with Crippen LogP contribution in [0.3, 0.4) is 0 Å². The molecule has 23 heavy (non-hydrogen) atoms. The summed E-state index contributed by atoms with van der Waals surface area (Å²) in [7, 11) is 4.76. The fraction of sp³-hybridized carbons (Fsp3) is 0.188. The minimum atomic E-state index is -0.412. The molecule has 3 aromatic rings. The molecule has 2 heterocycles. The van der Waals surface area contributed by atoms with Gasteiger partial charge >= 0.3 is 5.69 Å². The highest BCUT2D eigenvalue weighted by molar-refractivity contribution is 6.51. The van der Waals surface area contributed by atoms with E-state index in [9.17, 15) is 9.59 Å². The van der Waals surface area contributed by atoms with Gasteiger partial charge in [-0.2, -0.15) is 0 Å². The first kappa shape index (κ1) is 15.3. The Bertz CT molecular complexity index is 1040. The quantitative estimate of drug-likeness (QED) is 0.718. The normalized spacial score (nSPS) is 12.1. The third-order valence-electron chi connectivity index (χ3n) is 3.82. The van der Waals surface area contributed by atoms with Gasteiger partial charge in [-0.25, -0.2) is 9.78 Å². The number of aryl methyl sites for hydroxylation is 2. The van der Waals surface area contributed by atoms with E-state index in [1.165, 1.54) is 11.6 Å². The van der Waals surface area contributed by atoms with Crippen molar-refractivity contribution in [1.82, 2.24) is 18.7 Å². The van der Waals surface area contributed by atoms with Gasteiger partial charge in [0, 0.05) is 27.2 Å². The van der Waals surface area contributed by atoms with Crippen molar-refractivity contribution in [3.63, 3.8) is 0 Å². The molecule has 1 aromatic carbocycles. The van der Waals surface area contributed by atoms with Crippen LogP contribution in [0.5, 0.6) is 0 Å². The lowest BCUT2D eigenvalue weighted by atomic mass is 10.2. The van der Waals surface area contributed by atoms with Crippen molar-refractivity contribution in [1.29, 1.82) is 0 Å². The Morgan fingerprint density at radius 1 is 1.04 bits per heavy atom. The number of fused-ring (bicyclic) bond motifs is 1. The summed E-state index contributed by atoms with van der Waals surface area (Å²) >= 11 is 6.34. The fourth-order valence-corrected chi connectivity index (χ4v) is 2.68. The van der Waals surface area contributed by atoms with Crippen LogP contribution in [0, 0.1) is 0 Å². The number of halogens is 1. The van der Waals surface area contributed by atoms with E-state index in [0.29, 0.717) is 22.0 Å². The van der Waals surface area contributed by atoms with E-state index in [2.05, 4.69) is 4.98 Å². The van der Waals surface area contributed by atoms with Gasteiger partial charge < -0.3 is 4.57 Å². The number of imidazole rings is 1. The Morgan fingerprint density at radius 3 is 2.35 bits per heavy atom. The van der Waals surface area contributed by atoms with Crippen molar-refractivity contribution in [2.45, 2.75) is 0 Å². The molecule has 0 aliphatic rings. The summed E-state index contributed by atoms with van der Waals surface area (Å²) in [5.74, 6) is 0.507. The SMILES string of the molecule is Cn1c(=O)c2c(nc(/C=C(\Cl)c3ccccc3)n2C)n(C)c1=O. The van der Waals surface area contributed by atoms with Gasteiger partial charge in [0.2, 0.25) is 0 Å². The molecule has 0 aliphatic heterocycles. The number of benzene rings is 1. The van der Waals surface area contributed by atoms with Gasteiger partial charge in [-0.15, -0.1) is 0 Å². The summed E-state index contributed by atoms with van der Waals surface area (Å²) in [4.78, 5) is 28.7. The zero-order valence-electron chi connectivity index (χ0n) is 12.9. The maximum atomic E-state index is 12.3. The summed E-state index contributed by atoms with van der Waals surface area (Å²) in [5, 5.41) is 0.505. The largest absolute Gasteiger partial charge is 0.332 e. The molecule has 2 aromatic heterocycles. The second-order valence-electron chi connectivity index (χ2n) is 5.27. The molecule has 118 valence electrons. The van der Waals surface area contributed by atoms with Crippen LogP contribution < -0.4 is 11.2 Å². The Hall–Kier alpha value is -2.60. The van der Waals surface area contributed by atoms with Crippen molar-refractivity contribution in [2.24, 2.45) is 21.1 Å². The topological polar surface area (TPSA) is 61.8 Å². The molecule has 0 N–H and O–H groups in total. The van der Waals surface area contributed by atoms with Gasteiger partial charge in [0.1, 0.15) is 5.82 Å². The number of rotatable bonds is 2. The lowest BCUT2D eigenvalue weighted by Crippen LogP contribution is -2.37. The molecule has 7 heteroatoms. The number of hydrogen-bond acceptors (Lipinski definition) is 3. The smallest absolute Gasteiger partial charge is 0.322 e. The predicted octanol–water partition coefficient (Wildman–Crippen LogP) is 1.71. The Balaban J connectivity index is 2.27. The molecule has 0 radical (unpaired) electrons. The first-order valence-corrected chi connectivity index (χ1v) is 7.34. The van der Waals surface area contributed by atoms with E-state index in [4.69, 9.17) is 11.6 Å². The maximum absolute atomic E-state index is 12.3. The second-order valence-corrected chi connectivity index (χ2v) is 5.67. The summed E-state index contributed by atoms with van der Waals surface area (Å²) in [6.45, 7) is 0. The molecule has 0 fully saturated rings. The minimum absolute atomic E-state index is 0.337. The molecule has 6 nitrogen and oxygen atoms in total. The van der Waals surface area contributed by atoms with Crippen LogP contribution in [0.4, 0.5) is 0 Å². The average molecular weight is 331 g/mol. The van der Waals surface area contributed by atoms with Crippen LogP contribution in [0.25, 0.3) is 22.3 Å². The molecule has 3 rings (SSSR count). The van der Waals surface area contributed by atoms with E-state index in [0.717, 1.165) is 10.1 Å². The summed E-state index contributed by atoms with van der Waals surface area (Å²) in [6, 6.07) is 9.45. The Morgan fingerprint density at radius 2 is 1.70 bits per heavy atom. The zero-order valence-corrected chi connectivity index (χ0v) is 13.7. The summed E-state index contributed by atoms with van der Waals surface area (Å²) in [5.41, 5.74) is 0.754. The van der Waals surface area contributed by atoms with Crippen LogP contribution in [0.2, 0.25) is 0 Å². The van der Waals surface area contributed by atoms with E-state index in [1.54, 1.807) is 24.7 Å². The predicted molar refractivity (Wildman–Crippen MR) is 91.4 cm³/mol. The molecule has 0 bridgehead atoms. The van der Waals surface area contributed by atoms with Gasteiger partial charge in [0.25, 0.3) is 5.56 Å². The monoisotopic (exact) mass is 330 g/mol. The first-order chi connectivity index (χ1) is 10.9. The number of nitrogens with zero attached hydrogens (tertiary/aromatic N) is 4. The Labute approximate surface area is 136 Å². The molecule has 0 aliphatic carbocycles. The van der Waals surface area contributed by atoms with E-state index in [1.807, 2.05) is 30.3 Å². The highest BCUT2D eigenvalue weighted by Crippen LogP contribution is 2.22. The fourth-order valence-electron chi connectivity index (χ4n) is 2.46. The Kier molecular flexibility index (Phi) is 3.69. The van der Waals surface area contributed by atoms with E-state index in [-0.39, 0.29) is 5.56 Å². The van der Waals surface area contributed by atoms with E-state index < -0.39 is 5.69 Å². The van der Waals surface area contributed by atoms with Crippen molar-refractivity contribution < 1.29 is 0 Å². The van der Waals surface area contributed by atoms with Crippen LogP contribution in [0.1, 0.15) is 11.4 Å². The van der Waals surface area contributed by atoms with Crippen molar-refractivity contribution in [2.75, 3.05) is 0 Å². The molecule has 0 amide bonds. The lowest BCUT2D eigenvalue weighted by molar-refractivity contribution is 0.705. The van der Waals surface area contributed by atoms with Gasteiger partial charge in [0.15, 0.2) is 11.2 Å². The molecular weight excluding hydrogens is 316 g/mol. The third-order valence-corrected chi connectivity index (χ3v) is 4.14. The minimum Gasteiger partial charge on any atom is -0.322 e. The summed E-state index contributed by atoms with van der Waals surface area (Å²) in [6.07, 6.45) is 1.68. The zero-order chi connectivity index (χ0) is 16.7. The van der Waals surface area contributed by atoms with Crippen LogP contribution in [-0.4, -0.2) is 18.7 Å². The average Bonchev–Trinajstić information content (AvgIpc) is 2.88. The highest BCUT2D eigenvalue weighted by Gasteiger charge is 2.16. The van der Waals surface area contributed by atoms with Gasteiger partial charge in [-0.3, -0.25) is 13.9 Å². The van der Waals surface area contributed by atoms with Crippen molar-refractivity contribution in [3.8, 4) is 0 Å². The molecule has 0 spiro atoms. The second kappa shape index (κ2) is 5.55. The van der Waals surface area contributed by atoms with Crippen molar-refractivity contribution >= 4 is 33.9 Å². The van der Waals surface area contributed by atoms with Crippen LogP contribution >= 0.6 is 11.6 Å². The van der Waals surface area contributed by atoms with Crippen molar-refractivity contribution in [3.05, 3.63) is 62.6 Å². The first-order valence-electron chi connectivity index (χ1n) is 6.97. The van der Waals surface area contributed by atoms with Crippen LogP contribution in [0.15, 0.2) is 39.9 Å². The standard InChI is InChI=1S/C16H15ClN4O2/c1-19-12(9-11(17)10-7-5-4-6-8-10)18-14-13(19)15(22)21(3)16(23)20(14)2/h4-9H,1-3H3/b11-9-. The van der Waals surface area contributed by atoms with Gasteiger partial charge in [-0.1, -0.05) is 41.9 Å². The summed E-state index contributed by atoms with van der Waals surface area (Å²) < 4.78 is 4.06. The maximum Gasteiger partial charge on any atom is 0.332 e. The van der Waals surface area contributed by atoms with Gasteiger partial charge in [0.05, 0.1) is 5.03 Å². The molecule has 0 atom stereocenters. The van der Waals surface area contributed by atoms with Crippen LogP contribution in [-0.2, 0) is 21.1 Å².